The summed E-state index contributed by atoms with van der Waals surface area (Å²) in [6, 6.07) is 15.0. The van der Waals surface area contributed by atoms with Gasteiger partial charge in [0.05, 0.1) is 6.10 Å². The molecule has 28 heavy (non-hydrogen) atoms. The Labute approximate surface area is 172 Å². The Bertz CT molecular complexity index is 758. The van der Waals surface area contributed by atoms with Crippen LogP contribution in [0.25, 0.3) is 0 Å². The SMILES string of the molecule is CN(C)c1ccc(CN(C[C@H]2CCCO2)C(=S)NCc2ccc(F)cc2)cc1. The number of nitrogens with one attached hydrogen (secondary N) is 1. The lowest BCUT2D eigenvalue weighted by Crippen LogP contribution is -2.42. The second-order valence-corrected chi connectivity index (χ2v) is 7.75. The van der Waals surface area contributed by atoms with E-state index in [2.05, 4.69) is 39.4 Å². The van der Waals surface area contributed by atoms with Gasteiger partial charge in [-0.2, -0.15) is 0 Å². The normalized spacial score (nSPS) is 16.0. The minimum Gasteiger partial charge on any atom is -0.378 e. The second-order valence-electron chi connectivity index (χ2n) is 7.36. The van der Waals surface area contributed by atoms with E-state index in [1.807, 2.05) is 14.1 Å². The van der Waals surface area contributed by atoms with Gasteiger partial charge in [-0.25, -0.2) is 4.39 Å². The van der Waals surface area contributed by atoms with Gasteiger partial charge in [-0.05, 0) is 60.5 Å². The van der Waals surface area contributed by atoms with Gasteiger partial charge in [0.15, 0.2) is 5.11 Å². The fourth-order valence-electron chi connectivity index (χ4n) is 3.27. The summed E-state index contributed by atoms with van der Waals surface area (Å²) < 4.78 is 18.9. The summed E-state index contributed by atoms with van der Waals surface area (Å²) in [4.78, 5) is 4.25. The lowest BCUT2D eigenvalue weighted by Gasteiger charge is -2.28. The van der Waals surface area contributed by atoms with Gasteiger partial charge in [0.25, 0.3) is 0 Å². The summed E-state index contributed by atoms with van der Waals surface area (Å²) in [6.45, 7) is 2.89. The summed E-state index contributed by atoms with van der Waals surface area (Å²) in [6.07, 6.45) is 2.38. The van der Waals surface area contributed by atoms with E-state index in [-0.39, 0.29) is 11.9 Å². The first-order valence-electron chi connectivity index (χ1n) is 9.66. The first kappa shape index (κ1) is 20.6. The van der Waals surface area contributed by atoms with Crippen LogP contribution in [-0.4, -0.2) is 43.4 Å². The molecule has 0 bridgehead atoms. The van der Waals surface area contributed by atoms with E-state index in [1.54, 1.807) is 12.1 Å². The molecule has 2 aromatic rings. The van der Waals surface area contributed by atoms with Crippen LogP contribution in [-0.2, 0) is 17.8 Å². The maximum atomic E-state index is 13.1. The highest BCUT2D eigenvalue weighted by atomic mass is 32.1. The van der Waals surface area contributed by atoms with Crippen molar-refractivity contribution in [1.82, 2.24) is 10.2 Å². The quantitative estimate of drug-likeness (QED) is 0.710. The van der Waals surface area contributed by atoms with E-state index >= 15 is 0 Å². The fourth-order valence-corrected chi connectivity index (χ4v) is 3.48. The zero-order chi connectivity index (χ0) is 19.9. The highest BCUT2D eigenvalue weighted by Gasteiger charge is 2.21. The molecular formula is C22H28FN3OS. The molecule has 0 spiro atoms. The summed E-state index contributed by atoms with van der Waals surface area (Å²) in [5, 5.41) is 4.00. The van der Waals surface area contributed by atoms with Crippen molar-refractivity contribution in [3.8, 4) is 0 Å². The zero-order valence-corrected chi connectivity index (χ0v) is 17.3. The van der Waals surface area contributed by atoms with Gasteiger partial charge >= 0.3 is 0 Å². The van der Waals surface area contributed by atoms with Crippen LogP contribution in [0, 0.1) is 5.82 Å². The zero-order valence-electron chi connectivity index (χ0n) is 16.5. The number of anilines is 1. The van der Waals surface area contributed by atoms with Crippen molar-refractivity contribution in [1.29, 1.82) is 0 Å². The largest absolute Gasteiger partial charge is 0.378 e. The Morgan fingerprint density at radius 3 is 2.39 bits per heavy atom. The molecule has 1 aliphatic rings. The molecule has 6 heteroatoms. The van der Waals surface area contributed by atoms with E-state index in [1.165, 1.54) is 23.4 Å². The van der Waals surface area contributed by atoms with Crippen molar-refractivity contribution in [2.45, 2.75) is 32.0 Å². The molecule has 1 N–H and O–H groups in total. The average molecular weight is 402 g/mol. The highest BCUT2D eigenvalue weighted by molar-refractivity contribution is 7.80. The standard InChI is InChI=1S/C22H28FN3OS/c1-25(2)20-11-7-18(8-12-20)15-26(16-21-4-3-13-27-21)22(28)24-14-17-5-9-19(23)10-6-17/h5-12,21H,3-4,13-16H2,1-2H3,(H,24,28)/t21-/m1/s1. The Hall–Kier alpha value is -2.18. The topological polar surface area (TPSA) is 27.7 Å². The average Bonchev–Trinajstić information content (AvgIpc) is 3.20. The van der Waals surface area contributed by atoms with Crippen LogP contribution < -0.4 is 10.2 Å². The van der Waals surface area contributed by atoms with E-state index in [9.17, 15) is 4.39 Å². The van der Waals surface area contributed by atoms with Gasteiger partial charge < -0.3 is 19.9 Å². The molecule has 0 aromatic heterocycles. The maximum Gasteiger partial charge on any atom is 0.169 e. The van der Waals surface area contributed by atoms with Crippen molar-refractivity contribution in [2.24, 2.45) is 0 Å². The number of halogens is 1. The number of rotatable bonds is 7. The molecule has 4 nitrogen and oxygen atoms in total. The Kier molecular flexibility index (Phi) is 7.23. The third-order valence-corrected chi connectivity index (χ3v) is 5.32. The molecule has 3 rings (SSSR count). The molecule has 0 unspecified atom stereocenters. The Morgan fingerprint density at radius 2 is 1.79 bits per heavy atom. The van der Waals surface area contributed by atoms with E-state index in [0.29, 0.717) is 11.7 Å². The molecule has 1 fully saturated rings. The minimum atomic E-state index is -0.229. The van der Waals surface area contributed by atoms with E-state index < -0.39 is 0 Å². The number of hydrogen-bond acceptors (Lipinski definition) is 3. The number of ether oxygens (including phenoxy) is 1. The second kappa shape index (κ2) is 9.85. The first-order valence-corrected chi connectivity index (χ1v) is 10.1. The van der Waals surface area contributed by atoms with Crippen LogP contribution in [0.5, 0.6) is 0 Å². The smallest absolute Gasteiger partial charge is 0.169 e. The number of benzene rings is 2. The number of nitrogens with zero attached hydrogens (tertiary/aromatic N) is 2. The van der Waals surface area contributed by atoms with Gasteiger partial charge in [0.1, 0.15) is 5.82 Å². The monoisotopic (exact) mass is 401 g/mol. The van der Waals surface area contributed by atoms with Crippen molar-refractivity contribution >= 4 is 23.0 Å². The maximum absolute atomic E-state index is 13.1. The minimum absolute atomic E-state index is 0.214. The first-order chi connectivity index (χ1) is 13.5. The lowest BCUT2D eigenvalue weighted by molar-refractivity contribution is 0.0897. The number of thiocarbonyl (C=S) groups is 1. The van der Waals surface area contributed by atoms with E-state index in [4.69, 9.17) is 17.0 Å². The van der Waals surface area contributed by atoms with Crippen molar-refractivity contribution in [3.05, 3.63) is 65.5 Å². The van der Waals surface area contributed by atoms with Crippen LogP contribution in [0.1, 0.15) is 24.0 Å². The fraction of sp³-hybridized carbons (Fsp3) is 0.409. The van der Waals surface area contributed by atoms with Gasteiger partial charge in [-0.15, -0.1) is 0 Å². The molecular weight excluding hydrogens is 373 g/mol. The lowest BCUT2D eigenvalue weighted by atomic mass is 10.1. The molecule has 1 saturated heterocycles. The summed E-state index contributed by atoms with van der Waals surface area (Å²) in [5.74, 6) is -0.229. The predicted octanol–water partition coefficient (Wildman–Crippen LogP) is 3.95. The van der Waals surface area contributed by atoms with Gasteiger partial charge in [0.2, 0.25) is 0 Å². The van der Waals surface area contributed by atoms with Crippen LogP contribution >= 0.6 is 12.2 Å². The van der Waals surface area contributed by atoms with Gasteiger partial charge in [-0.3, -0.25) is 0 Å². The van der Waals surface area contributed by atoms with Crippen LogP contribution in [0.2, 0.25) is 0 Å². The molecule has 150 valence electrons. The van der Waals surface area contributed by atoms with Crippen LogP contribution in [0.15, 0.2) is 48.5 Å². The Morgan fingerprint density at radius 1 is 1.11 bits per heavy atom. The van der Waals surface area contributed by atoms with Crippen LogP contribution in [0.4, 0.5) is 10.1 Å². The summed E-state index contributed by atoms with van der Waals surface area (Å²) in [7, 11) is 4.07. The van der Waals surface area contributed by atoms with Crippen molar-refractivity contribution in [2.75, 3.05) is 32.1 Å². The molecule has 0 aliphatic carbocycles. The number of hydrogen-bond donors (Lipinski definition) is 1. The third-order valence-electron chi connectivity index (χ3n) is 4.92. The molecule has 1 aliphatic heterocycles. The third kappa shape index (κ3) is 5.91. The summed E-state index contributed by atoms with van der Waals surface area (Å²) in [5.41, 5.74) is 3.37. The summed E-state index contributed by atoms with van der Waals surface area (Å²) >= 11 is 5.68. The van der Waals surface area contributed by atoms with Crippen molar-refractivity contribution < 1.29 is 9.13 Å². The van der Waals surface area contributed by atoms with E-state index in [0.717, 1.165) is 38.1 Å². The molecule has 1 atom stereocenters. The Balaban J connectivity index is 1.64. The molecule has 1 heterocycles. The molecule has 0 amide bonds. The predicted molar refractivity (Wildman–Crippen MR) is 116 cm³/mol. The highest BCUT2D eigenvalue weighted by Crippen LogP contribution is 2.17. The van der Waals surface area contributed by atoms with Crippen LogP contribution in [0.3, 0.4) is 0 Å². The molecule has 0 radical (unpaired) electrons. The van der Waals surface area contributed by atoms with Gasteiger partial charge in [-0.1, -0.05) is 24.3 Å². The molecule has 2 aromatic carbocycles. The molecule has 0 saturated carbocycles. The van der Waals surface area contributed by atoms with Gasteiger partial charge in [0, 0.05) is 46.0 Å². The van der Waals surface area contributed by atoms with Crippen molar-refractivity contribution in [3.63, 3.8) is 0 Å².